The van der Waals surface area contributed by atoms with Crippen molar-refractivity contribution < 1.29 is 0 Å². The molecule has 92 valence electrons. The van der Waals surface area contributed by atoms with E-state index >= 15 is 0 Å². The topological polar surface area (TPSA) is 24.9 Å². The summed E-state index contributed by atoms with van der Waals surface area (Å²) >= 11 is 2.01. The minimum Gasteiger partial charge on any atom is -0.308 e. The van der Waals surface area contributed by atoms with E-state index in [2.05, 4.69) is 12.4 Å². The van der Waals surface area contributed by atoms with E-state index in [1.54, 1.807) is 4.88 Å². The summed E-state index contributed by atoms with van der Waals surface area (Å²) in [7, 11) is 2.15. The van der Waals surface area contributed by atoms with Gasteiger partial charge in [-0.1, -0.05) is 6.42 Å². The molecule has 0 amide bonds. The summed E-state index contributed by atoms with van der Waals surface area (Å²) < 4.78 is 0. The van der Waals surface area contributed by atoms with E-state index in [1.807, 2.05) is 11.3 Å². The van der Waals surface area contributed by atoms with Crippen LogP contribution in [0.5, 0.6) is 0 Å². The molecule has 3 unspecified atom stereocenters. The molecule has 3 heteroatoms. The number of aryl methyl sites for hydroxylation is 2. The van der Waals surface area contributed by atoms with E-state index in [-0.39, 0.29) is 5.54 Å². The third-order valence-electron chi connectivity index (χ3n) is 5.27. The molecule has 2 nitrogen and oxygen atoms in total. The number of aromatic nitrogens is 1. The van der Waals surface area contributed by atoms with Crippen LogP contribution in [-0.4, -0.2) is 12.0 Å². The summed E-state index contributed by atoms with van der Waals surface area (Å²) in [5.41, 5.74) is 1.67. The number of nitrogens with zero attached hydrogens (tertiary/aromatic N) is 1. The van der Waals surface area contributed by atoms with Gasteiger partial charge < -0.3 is 5.32 Å². The van der Waals surface area contributed by atoms with Crippen molar-refractivity contribution in [1.82, 2.24) is 10.3 Å². The van der Waals surface area contributed by atoms with Gasteiger partial charge in [0.05, 0.1) is 11.2 Å². The number of fused-ring (bicyclic) bond motifs is 3. The fourth-order valence-electron chi connectivity index (χ4n) is 4.39. The van der Waals surface area contributed by atoms with Gasteiger partial charge in [0.1, 0.15) is 5.01 Å². The quantitative estimate of drug-likeness (QED) is 0.870. The van der Waals surface area contributed by atoms with Gasteiger partial charge in [-0.05, 0) is 57.4 Å². The van der Waals surface area contributed by atoms with Gasteiger partial charge in [-0.15, -0.1) is 11.3 Å². The predicted molar refractivity (Wildman–Crippen MR) is 70.3 cm³/mol. The van der Waals surface area contributed by atoms with E-state index in [4.69, 9.17) is 4.98 Å². The molecule has 2 fully saturated rings. The van der Waals surface area contributed by atoms with Crippen LogP contribution in [-0.2, 0) is 18.4 Å². The largest absolute Gasteiger partial charge is 0.308 e. The first-order valence-electron chi connectivity index (χ1n) is 7.00. The first-order chi connectivity index (χ1) is 8.32. The van der Waals surface area contributed by atoms with Gasteiger partial charge in [0.2, 0.25) is 0 Å². The van der Waals surface area contributed by atoms with Gasteiger partial charge in [0.25, 0.3) is 0 Å². The van der Waals surface area contributed by atoms with Crippen molar-refractivity contribution in [2.45, 2.75) is 50.5 Å². The van der Waals surface area contributed by atoms with Crippen LogP contribution in [0.15, 0.2) is 0 Å². The number of thiazole rings is 1. The maximum absolute atomic E-state index is 4.99. The molecule has 2 bridgehead atoms. The molecular formula is C14H20N2S. The molecule has 0 aliphatic heterocycles. The van der Waals surface area contributed by atoms with Crippen molar-refractivity contribution in [1.29, 1.82) is 0 Å². The standard InChI is InChI=1S/C14H20N2S/c1-15-14(8-9-5-6-10(14)7-9)13-16-11-3-2-4-12(11)17-13/h9-10,15H,2-8H2,1H3. The van der Waals surface area contributed by atoms with Crippen LogP contribution >= 0.6 is 11.3 Å². The maximum atomic E-state index is 4.99. The number of rotatable bonds is 2. The fraction of sp³-hybridized carbons (Fsp3) is 0.786. The zero-order chi connectivity index (χ0) is 11.5. The number of nitrogens with one attached hydrogen (secondary N) is 1. The molecule has 4 rings (SSSR count). The lowest BCUT2D eigenvalue weighted by atomic mass is 9.81. The molecule has 1 aromatic rings. The zero-order valence-corrected chi connectivity index (χ0v) is 11.3. The first-order valence-corrected chi connectivity index (χ1v) is 7.81. The van der Waals surface area contributed by atoms with Gasteiger partial charge in [-0.2, -0.15) is 0 Å². The van der Waals surface area contributed by atoms with E-state index in [0.717, 1.165) is 11.8 Å². The van der Waals surface area contributed by atoms with Crippen LogP contribution in [0.4, 0.5) is 0 Å². The van der Waals surface area contributed by atoms with E-state index in [0.29, 0.717) is 0 Å². The highest BCUT2D eigenvalue weighted by molar-refractivity contribution is 7.12. The Bertz CT molecular complexity index is 432. The molecule has 0 radical (unpaired) electrons. The minimum absolute atomic E-state index is 0.248. The van der Waals surface area contributed by atoms with Crippen molar-refractivity contribution in [3.8, 4) is 0 Å². The highest BCUT2D eigenvalue weighted by atomic mass is 32.1. The first kappa shape index (κ1) is 10.5. The number of hydrogen-bond acceptors (Lipinski definition) is 3. The Kier molecular flexibility index (Phi) is 2.19. The third kappa shape index (κ3) is 1.33. The maximum Gasteiger partial charge on any atom is 0.114 e. The molecule has 0 aromatic carbocycles. The summed E-state index contributed by atoms with van der Waals surface area (Å²) in [6.45, 7) is 0. The summed E-state index contributed by atoms with van der Waals surface area (Å²) in [6.07, 6.45) is 9.47. The fourth-order valence-corrected chi connectivity index (χ4v) is 5.82. The molecule has 2 saturated carbocycles. The average molecular weight is 248 g/mol. The van der Waals surface area contributed by atoms with Gasteiger partial charge in [-0.25, -0.2) is 4.98 Å². The molecule has 0 spiro atoms. The summed E-state index contributed by atoms with van der Waals surface area (Å²) in [4.78, 5) is 6.57. The second-order valence-electron chi connectivity index (χ2n) is 6.04. The lowest BCUT2D eigenvalue weighted by molar-refractivity contribution is 0.224. The van der Waals surface area contributed by atoms with Gasteiger partial charge >= 0.3 is 0 Å². The van der Waals surface area contributed by atoms with Crippen molar-refractivity contribution in [2.75, 3.05) is 7.05 Å². The van der Waals surface area contributed by atoms with Crippen molar-refractivity contribution >= 4 is 11.3 Å². The SMILES string of the molecule is CNC1(c2nc3c(s2)CCC3)CC2CCC1C2. The Hall–Kier alpha value is -0.410. The molecule has 3 atom stereocenters. The van der Waals surface area contributed by atoms with E-state index in [9.17, 15) is 0 Å². The zero-order valence-electron chi connectivity index (χ0n) is 10.5. The predicted octanol–water partition coefficient (Wildman–Crippen LogP) is 2.87. The van der Waals surface area contributed by atoms with Crippen LogP contribution in [0.2, 0.25) is 0 Å². The van der Waals surface area contributed by atoms with Gasteiger partial charge in [0, 0.05) is 4.88 Å². The second-order valence-corrected chi connectivity index (χ2v) is 7.13. The Morgan fingerprint density at radius 2 is 2.29 bits per heavy atom. The third-order valence-corrected chi connectivity index (χ3v) is 6.61. The Morgan fingerprint density at radius 3 is 2.94 bits per heavy atom. The van der Waals surface area contributed by atoms with E-state index in [1.165, 1.54) is 55.6 Å². The molecule has 1 heterocycles. The molecule has 3 aliphatic carbocycles. The molecule has 1 N–H and O–H groups in total. The Morgan fingerprint density at radius 1 is 1.35 bits per heavy atom. The van der Waals surface area contributed by atoms with Gasteiger partial charge in [-0.3, -0.25) is 0 Å². The normalized spacial score (nSPS) is 38.9. The van der Waals surface area contributed by atoms with Crippen LogP contribution in [0.25, 0.3) is 0 Å². The van der Waals surface area contributed by atoms with E-state index < -0.39 is 0 Å². The lowest BCUT2D eigenvalue weighted by Crippen LogP contribution is -2.44. The van der Waals surface area contributed by atoms with Crippen LogP contribution < -0.4 is 5.32 Å². The van der Waals surface area contributed by atoms with Crippen LogP contribution in [0.1, 0.15) is 47.7 Å². The Labute approximate surface area is 107 Å². The molecule has 1 aromatic heterocycles. The Balaban J connectivity index is 1.76. The highest BCUT2D eigenvalue weighted by Gasteiger charge is 2.53. The molecular weight excluding hydrogens is 228 g/mol. The summed E-state index contributed by atoms with van der Waals surface area (Å²) in [5, 5.41) is 5.08. The highest BCUT2D eigenvalue weighted by Crippen LogP contribution is 2.56. The monoisotopic (exact) mass is 248 g/mol. The van der Waals surface area contributed by atoms with Crippen molar-refractivity contribution in [2.24, 2.45) is 11.8 Å². The molecule has 3 aliphatic rings. The van der Waals surface area contributed by atoms with Gasteiger partial charge in [0.15, 0.2) is 0 Å². The molecule has 17 heavy (non-hydrogen) atoms. The lowest BCUT2D eigenvalue weighted by Gasteiger charge is -2.35. The minimum atomic E-state index is 0.248. The van der Waals surface area contributed by atoms with Crippen molar-refractivity contribution in [3.63, 3.8) is 0 Å². The summed E-state index contributed by atoms with van der Waals surface area (Å²) in [6, 6.07) is 0. The smallest absolute Gasteiger partial charge is 0.114 e. The number of hydrogen-bond donors (Lipinski definition) is 1. The average Bonchev–Trinajstić information content (AvgIpc) is 3.06. The second kappa shape index (κ2) is 3.55. The van der Waals surface area contributed by atoms with Crippen molar-refractivity contribution in [3.05, 3.63) is 15.6 Å². The van der Waals surface area contributed by atoms with Crippen LogP contribution in [0.3, 0.4) is 0 Å². The summed E-state index contributed by atoms with van der Waals surface area (Å²) in [5.74, 6) is 1.81. The molecule has 0 saturated heterocycles. The van der Waals surface area contributed by atoms with Crippen LogP contribution in [0, 0.1) is 11.8 Å².